The van der Waals surface area contributed by atoms with Gasteiger partial charge >= 0.3 is 0 Å². The lowest BCUT2D eigenvalue weighted by atomic mass is 9.86. The number of carbonyl (C=O) groups is 1. The fourth-order valence-electron chi connectivity index (χ4n) is 2.94. The van der Waals surface area contributed by atoms with Gasteiger partial charge in [-0.1, -0.05) is 12.2 Å². The monoisotopic (exact) mass is 258 g/mol. The van der Waals surface area contributed by atoms with Crippen molar-refractivity contribution < 1.29 is 4.79 Å². The zero-order valence-electron chi connectivity index (χ0n) is 11.0. The highest BCUT2D eigenvalue weighted by Gasteiger charge is 2.33. The van der Waals surface area contributed by atoms with Crippen molar-refractivity contribution in [3.8, 4) is 0 Å². The lowest BCUT2D eigenvalue weighted by molar-refractivity contribution is 0.0957. The van der Waals surface area contributed by atoms with E-state index in [0.29, 0.717) is 5.69 Å². The van der Waals surface area contributed by atoms with Crippen molar-refractivity contribution in [2.24, 2.45) is 11.8 Å². The van der Waals surface area contributed by atoms with Gasteiger partial charge in [-0.25, -0.2) is 0 Å². The molecule has 2 heterocycles. The summed E-state index contributed by atoms with van der Waals surface area (Å²) in [5, 5.41) is 10.7. The summed E-state index contributed by atoms with van der Waals surface area (Å²) in [7, 11) is 1.59. The van der Waals surface area contributed by atoms with Gasteiger partial charge in [0, 0.05) is 20.1 Å². The molecule has 5 heteroatoms. The SMILES string of the molecule is CNC(=O)c1ccc(N2C[C@H]3CC=CC[C@H]3C2)nn1. The van der Waals surface area contributed by atoms with Crippen molar-refractivity contribution in [1.82, 2.24) is 15.5 Å². The van der Waals surface area contributed by atoms with Crippen molar-refractivity contribution in [2.45, 2.75) is 12.8 Å². The van der Waals surface area contributed by atoms with Gasteiger partial charge in [-0.2, -0.15) is 0 Å². The largest absolute Gasteiger partial charge is 0.355 e. The summed E-state index contributed by atoms with van der Waals surface area (Å²) in [6, 6.07) is 3.63. The molecule has 1 aromatic rings. The molecule has 1 saturated heterocycles. The molecule has 3 rings (SSSR count). The number of aromatic nitrogens is 2. The number of rotatable bonds is 2. The maximum atomic E-state index is 11.4. The van der Waals surface area contributed by atoms with E-state index in [1.807, 2.05) is 6.07 Å². The van der Waals surface area contributed by atoms with E-state index < -0.39 is 0 Å². The molecule has 5 nitrogen and oxygen atoms in total. The highest BCUT2D eigenvalue weighted by atomic mass is 16.1. The fraction of sp³-hybridized carbons (Fsp3) is 0.500. The van der Waals surface area contributed by atoms with Gasteiger partial charge in [0.1, 0.15) is 0 Å². The van der Waals surface area contributed by atoms with Crippen LogP contribution in [-0.4, -0.2) is 36.2 Å². The fourth-order valence-corrected chi connectivity index (χ4v) is 2.94. The number of anilines is 1. The van der Waals surface area contributed by atoms with Crippen molar-refractivity contribution in [3.05, 3.63) is 30.0 Å². The molecule has 0 unspecified atom stereocenters. The van der Waals surface area contributed by atoms with E-state index in [9.17, 15) is 4.79 Å². The smallest absolute Gasteiger partial charge is 0.271 e. The van der Waals surface area contributed by atoms with E-state index in [2.05, 4.69) is 32.6 Å². The molecule has 0 aromatic carbocycles. The van der Waals surface area contributed by atoms with E-state index >= 15 is 0 Å². The van der Waals surface area contributed by atoms with E-state index in [0.717, 1.165) is 30.7 Å². The van der Waals surface area contributed by atoms with E-state index in [1.54, 1.807) is 13.1 Å². The molecule has 1 aromatic heterocycles. The Hall–Kier alpha value is -1.91. The van der Waals surface area contributed by atoms with Crippen molar-refractivity contribution in [3.63, 3.8) is 0 Å². The van der Waals surface area contributed by atoms with E-state index in [1.165, 1.54) is 12.8 Å². The predicted octanol–water partition coefficient (Wildman–Crippen LogP) is 1.24. The van der Waals surface area contributed by atoms with Crippen LogP contribution in [0.1, 0.15) is 23.3 Å². The Kier molecular flexibility index (Phi) is 3.19. The molecule has 1 amide bonds. The summed E-state index contributed by atoms with van der Waals surface area (Å²) in [6.07, 6.45) is 6.91. The van der Waals surface area contributed by atoms with Crippen LogP contribution in [-0.2, 0) is 0 Å². The Bertz CT molecular complexity index is 481. The number of fused-ring (bicyclic) bond motifs is 1. The molecule has 1 N–H and O–H groups in total. The Morgan fingerprint density at radius 3 is 2.42 bits per heavy atom. The van der Waals surface area contributed by atoms with E-state index in [-0.39, 0.29) is 5.91 Å². The van der Waals surface area contributed by atoms with Gasteiger partial charge in [-0.05, 0) is 36.8 Å². The molecule has 2 atom stereocenters. The Morgan fingerprint density at radius 2 is 1.89 bits per heavy atom. The molecule has 1 fully saturated rings. The standard InChI is InChI=1S/C14H18N4O/c1-15-14(19)12-6-7-13(17-16-12)18-8-10-4-2-3-5-11(10)9-18/h2-3,6-7,10-11H,4-5,8-9H2,1H3,(H,15,19)/t10-,11+. The minimum atomic E-state index is -0.196. The number of nitrogens with one attached hydrogen (secondary N) is 1. The maximum absolute atomic E-state index is 11.4. The van der Waals surface area contributed by atoms with Crippen LogP contribution >= 0.6 is 0 Å². The first-order valence-electron chi connectivity index (χ1n) is 6.73. The van der Waals surface area contributed by atoms with Crippen molar-refractivity contribution in [2.75, 3.05) is 25.0 Å². The topological polar surface area (TPSA) is 58.1 Å². The molecular weight excluding hydrogens is 240 g/mol. The minimum Gasteiger partial charge on any atom is -0.355 e. The summed E-state index contributed by atoms with van der Waals surface area (Å²) >= 11 is 0. The molecular formula is C14H18N4O. The quantitative estimate of drug-likeness (QED) is 0.811. The van der Waals surface area contributed by atoms with Crippen LogP contribution in [0.3, 0.4) is 0 Å². The first kappa shape index (κ1) is 12.1. The van der Waals surface area contributed by atoms with Gasteiger partial charge in [0.05, 0.1) is 0 Å². The number of allylic oxidation sites excluding steroid dienone is 2. The van der Waals surface area contributed by atoms with Crippen LogP contribution in [0, 0.1) is 11.8 Å². The predicted molar refractivity (Wildman–Crippen MR) is 73.0 cm³/mol. The summed E-state index contributed by atoms with van der Waals surface area (Å²) in [5.74, 6) is 2.16. The van der Waals surface area contributed by atoms with Gasteiger partial charge in [0.25, 0.3) is 5.91 Å². The van der Waals surface area contributed by atoms with Gasteiger partial charge in [-0.15, -0.1) is 10.2 Å². The summed E-state index contributed by atoms with van der Waals surface area (Å²) in [5.41, 5.74) is 0.365. The summed E-state index contributed by atoms with van der Waals surface area (Å²) < 4.78 is 0. The van der Waals surface area contributed by atoms with Crippen LogP contribution in [0.4, 0.5) is 5.82 Å². The number of amides is 1. The summed E-state index contributed by atoms with van der Waals surface area (Å²) in [4.78, 5) is 13.7. The summed E-state index contributed by atoms with van der Waals surface area (Å²) in [6.45, 7) is 2.09. The lowest BCUT2D eigenvalue weighted by Gasteiger charge is -2.17. The molecule has 1 aliphatic carbocycles. The molecule has 2 aliphatic rings. The van der Waals surface area contributed by atoms with Gasteiger partial charge in [-0.3, -0.25) is 4.79 Å². The van der Waals surface area contributed by atoms with Crippen LogP contribution in [0.2, 0.25) is 0 Å². The van der Waals surface area contributed by atoms with Gasteiger partial charge in [0.15, 0.2) is 11.5 Å². The van der Waals surface area contributed by atoms with Crippen LogP contribution < -0.4 is 10.2 Å². The Morgan fingerprint density at radius 1 is 1.21 bits per heavy atom. The molecule has 100 valence electrons. The van der Waals surface area contributed by atoms with Crippen LogP contribution in [0.5, 0.6) is 0 Å². The normalized spacial score (nSPS) is 25.2. The average Bonchev–Trinajstić information content (AvgIpc) is 2.90. The zero-order valence-corrected chi connectivity index (χ0v) is 11.0. The lowest BCUT2D eigenvalue weighted by Crippen LogP contribution is -2.23. The molecule has 0 spiro atoms. The second kappa shape index (κ2) is 4.99. The number of hydrogen-bond donors (Lipinski definition) is 1. The number of carbonyl (C=O) groups excluding carboxylic acids is 1. The highest BCUT2D eigenvalue weighted by molar-refractivity contribution is 5.91. The van der Waals surface area contributed by atoms with Gasteiger partial charge in [0.2, 0.25) is 0 Å². The third-order valence-electron chi connectivity index (χ3n) is 4.05. The number of nitrogens with zero attached hydrogens (tertiary/aromatic N) is 3. The molecule has 19 heavy (non-hydrogen) atoms. The molecule has 0 saturated carbocycles. The minimum absolute atomic E-state index is 0.196. The zero-order chi connectivity index (χ0) is 13.2. The third kappa shape index (κ3) is 2.32. The first-order chi connectivity index (χ1) is 9.28. The van der Waals surface area contributed by atoms with E-state index in [4.69, 9.17) is 0 Å². The second-order valence-electron chi connectivity index (χ2n) is 5.22. The second-order valence-corrected chi connectivity index (χ2v) is 5.22. The average molecular weight is 258 g/mol. The highest BCUT2D eigenvalue weighted by Crippen LogP contribution is 2.34. The molecule has 1 aliphatic heterocycles. The molecule has 0 radical (unpaired) electrons. The van der Waals surface area contributed by atoms with Crippen LogP contribution in [0.25, 0.3) is 0 Å². The third-order valence-corrected chi connectivity index (χ3v) is 4.05. The van der Waals surface area contributed by atoms with Crippen molar-refractivity contribution in [1.29, 1.82) is 0 Å². The maximum Gasteiger partial charge on any atom is 0.271 e. The Balaban J connectivity index is 1.72. The van der Waals surface area contributed by atoms with Gasteiger partial charge < -0.3 is 10.2 Å². The molecule has 0 bridgehead atoms. The Labute approximate surface area is 112 Å². The van der Waals surface area contributed by atoms with Crippen LogP contribution in [0.15, 0.2) is 24.3 Å². The van der Waals surface area contributed by atoms with Crippen molar-refractivity contribution >= 4 is 11.7 Å². The first-order valence-corrected chi connectivity index (χ1v) is 6.73. The number of hydrogen-bond acceptors (Lipinski definition) is 4.